The van der Waals surface area contributed by atoms with Gasteiger partial charge in [0, 0.05) is 0 Å². The highest BCUT2D eigenvalue weighted by Gasteiger charge is 1.63. The average Bonchev–Trinajstić information content (AvgIpc) is 1.97. The number of allylic oxidation sites excluding steroid dienone is 7. The molecule has 0 N–H and O–H groups in total. The minimum absolute atomic E-state index is 0.945. The average molecular weight is 134 g/mol. The highest BCUT2D eigenvalue weighted by atomic mass is 13.7. The zero-order chi connectivity index (χ0) is 7.66. The highest BCUT2D eigenvalue weighted by Crippen LogP contribution is 1.84. The van der Waals surface area contributed by atoms with Crippen molar-refractivity contribution in [1.82, 2.24) is 0 Å². The first-order valence-corrected chi connectivity index (χ1v) is 3.47. The van der Waals surface area contributed by atoms with E-state index in [0.717, 1.165) is 6.42 Å². The second-order valence-electron chi connectivity index (χ2n) is 1.86. The Balaban J connectivity index is 3.41. The highest BCUT2D eigenvalue weighted by molar-refractivity contribution is 5.11. The van der Waals surface area contributed by atoms with Crippen molar-refractivity contribution in [2.75, 3.05) is 0 Å². The van der Waals surface area contributed by atoms with E-state index in [2.05, 4.69) is 12.7 Å². The SMILES string of the molecule is C=CCC=CC=CC=CC. The van der Waals surface area contributed by atoms with E-state index in [1.54, 1.807) is 0 Å². The van der Waals surface area contributed by atoms with E-state index in [0.29, 0.717) is 0 Å². The van der Waals surface area contributed by atoms with Gasteiger partial charge in [0.2, 0.25) is 0 Å². The Bertz CT molecular complexity index is 147. The first-order chi connectivity index (χ1) is 4.91. The van der Waals surface area contributed by atoms with Crippen LogP contribution in [0.15, 0.2) is 49.1 Å². The maximum atomic E-state index is 3.61. The molecule has 0 heteroatoms. The van der Waals surface area contributed by atoms with E-state index >= 15 is 0 Å². The summed E-state index contributed by atoms with van der Waals surface area (Å²) < 4.78 is 0. The molecule has 0 aliphatic rings. The fourth-order valence-electron chi connectivity index (χ4n) is 0.493. The Labute approximate surface area is 63.3 Å². The van der Waals surface area contributed by atoms with Crippen molar-refractivity contribution in [3.05, 3.63) is 49.1 Å². The molecule has 0 aromatic rings. The van der Waals surface area contributed by atoms with Gasteiger partial charge in [-0.15, -0.1) is 6.58 Å². The van der Waals surface area contributed by atoms with E-state index in [1.807, 2.05) is 43.4 Å². The molecule has 0 saturated carbocycles. The van der Waals surface area contributed by atoms with E-state index in [-0.39, 0.29) is 0 Å². The molecule has 0 bridgehead atoms. The Morgan fingerprint density at radius 1 is 1.10 bits per heavy atom. The summed E-state index contributed by atoms with van der Waals surface area (Å²) in [5.41, 5.74) is 0. The maximum Gasteiger partial charge on any atom is -0.0169 e. The molecule has 0 saturated heterocycles. The van der Waals surface area contributed by atoms with Crippen molar-refractivity contribution in [1.29, 1.82) is 0 Å². The fraction of sp³-hybridized carbons (Fsp3) is 0.200. The van der Waals surface area contributed by atoms with Gasteiger partial charge in [-0.05, 0) is 13.3 Å². The lowest BCUT2D eigenvalue weighted by molar-refractivity contribution is 1.41. The van der Waals surface area contributed by atoms with Crippen LogP contribution in [0.2, 0.25) is 0 Å². The van der Waals surface area contributed by atoms with Gasteiger partial charge in [0.05, 0.1) is 0 Å². The van der Waals surface area contributed by atoms with Gasteiger partial charge >= 0.3 is 0 Å². The van der Waals surface area contributed by atoms with Gasteiger partial charge in [0.15, 0.2) is 0 Å². The first kappa shape index (κ1) is 8.96. The molecule has 0 rings (SSSR count). The molecule has 0 aromatic carbocycles. The van der Waals surface area contributed by atoms with Crippen molar-refractivity contribution in [3.8, 4) is 0 Å². The largest absolute Gasteiger partial charge is 0.103 e. The standard InChI is InChI=1S/C10H14/c1-3-5-7-9-10-8-6-4-2/h3-4,6-10H,1,5H2,2H3. The van der Waals surface area contributed by atoms with Crippen molar-refractivity contribution in [3.63, 3.8) is 0 Å². The van der Waals surface area contributed by atoms with Crippen LogP contribution in [0, 0.1) is 0 Å². The zero-order valence-electron chi connectivity index (χ0n) is 6.46. The van der Waals surface area contributed by atoms with Gasteiger partial charge in [0.25, 0.3) is 0 Å². The van der Waals surface area contributed by atoms with Crippen molar-refractivity contribution in [2.45, 2.75) is 13.3 Å². The molecule has 0 amide bonds. The summed E-state index contributed by atoms with van der Waals surface area (Å²) >= 11 is 0. The van der Waals surface area contributed by atoms with Gasteiger partial charge < -0.3 is 0 Å². The third-order valence-corrected chi connectivity index (χ3v) is 0.965. The van der Waals surface area contributed by atoms with Crippen LogP contribution in [-0.2, 0) is 0 Å². The molecule has 0 heterocycles. The molecule has 0 aliphatic carbocycles. The second kappa shape index (κ2) is 7.96. The van der Waals surface area contributed by atoms with Crippen LogP contribution in [0.3, 0.4) is 0 Å². The smallest absolute Gasteiger partial charge is 0.0169 e. The maximum absolute atomic E-state index is 3.61. The number of rotatable bonds is 4. The minimum atomic E-state index is 0.945. The third-order valence-electron chi connectivity index (χ3n) is 0.965. The van der Waals surface area contributed by atoms with Crippen LogP contribution < -0.4 is 0 Å². The summed E-state index contributed by atoms with van der Waals surface area (Å²) in [6.07, 6.45) is 14.9. The van der Waals surface area contributed by atoms with Crippen LogP contribution in [0.4, 0.5) is 0 Å². The summed E-state index contributed by atoms with van der Waals surface area (Å²) in [6.45, 7) is 5.60. The zero-order valence-corrected chi connectivity index (χ0v) is 6.46. The molecular weight excluding hydrogens is 120 g/mol. The molecule has 10 heavy (non-hydrogen) atoms. The Morgan fingerprint density at radius 2 is 1.80 bits per heavy atom. The molecule has 0 fully saturated rings. The van der Waals surface area contributed by atoms with Crippen molar-refractivity contribution < 1.29 is 0 Å². The molecule has 0 aromatic heterocycles. The molecule has 54 valence electrons. The van der Waals surface area contributed by atoms with Crippen molar-refractivity contribution in [2.24, 2.45) is 0 Å². The minimum Gasteiger partial charge on any atom is -0.103 e. The molecule has 0 spiro atoms. The van der Waals surface area contributed by atoms with Gasteiger partial charge in [0.1, 0.15) is 0 Å². The summed E-state index contributed by atoms with van der Waals surface area (Å²) in [7, 11) is 0. The Kier molecular flexibility index (Phi) is 7.13. The Morgan fingerprint density at radius 3 is 2.40 bits per heavy atom. The summed E-state index contributed by atoms with van der Waals surface area (Å²) in [4.78, 5) is 0. The van der Waals surface area contributed by atoms with Gasteiger partial charge in [-0.1, -0.05) is 42.5 Å². The predicted molar refractivity (Wildman–Crippen MR) is 47.9 cm³/mol. The second-order valence-corrected chi connectivity index (χ2v) is 1.86. The number of hydrogen-bond donors (Lipinski definition) is 0. The van der Waals surface area contributed by atoms with Gasteiger partial charge in [-0.25, -0.2) is 0 Å². The first-order valence-electron chi connectivity index (χ1n) is 3.47. The lowest BCUT2D eigenvalue weighted by Gasteiger charge is -1.74. The monoisotopic (exact) mass is 134 g/mol. The van der Waals surface area contributed by atoms with Crippen molar-refractivity contribution >= 4 is 0 Å². The van der Waals surface area contributed by atoms with Crippen LogP contribution >= 0.6 is 0 Å². The van der Waals surface area contributed by atoms with Crippen LogP contribution in [0.5, 0.6) is 0 Å². The van der Waals surface area contributed by atoms with E-state index in [1.165, 1.54) is 0 Å². The molecule has 0 unspecified atom stereocenters. The van der Waals surface area contributed by atoms with E-state index in [9.17, 15) is 0 Å². The number of hydrogen-bond acceptors (Lipinski definition) is 0. The molecule has 0 radical (unpaired) electrons. The van der Waals surface area contributed by atoms with E-state index < -0.39 is 0 Å². The lowest BCUT2D eigenvalue weighted by atomic mass is 10.3. The summed E-state index contributed by atoms with van der Waals surface area (Å²) in [5.74, 6) is 0. The topological polar surface area (TPSA) is 0 Å². The third kappa shape index (κ3) is 6.96. The summed E-state index contributed by atoms with van der Waals surface area (Å²) in [6, 6.07) is 0. The fourth-order valence-corrected chi connectivity index (χ4v) is 0.493. The molecule has 0 nitrogen and oxygen atoms in total. The normalized spacial score (nSPS) is 12.1. The Hall–Kier alpha value is -1.04. The van der Waals surface area contributed by atoms with Crippen LogP contribution in [0.1, 0.15) is 13.3 Å². The molecule has 0 aliphatic heterocycles. The quantitative estimate of drug-likeness (QED) is 0.409. The van der Waals surface area contributed by atoms with Crippen LogP contribution in [0.25, 0.3) is 0 Å². The van der Waals surface area contributed by atoms with Crippen LogP contribution in [-0.4, -0.2) is 0 Å². The van der Waals surface area contributed by atoms with E-state index in [4.69, 9.17) is 0 Å². The predicted octanol–water partition coefficient (Wildman–Crippen LogP) is 3.25. The molecule has 0 atom stereocenters. The summed E-state index contributed by atoms with van der Waals surface area (Å²) in [5, 5.41) is 0. The lowest BCUT2D eigenvalue weighted by Crippen LogP contribution is -1.53. The van der Waals surface area contributed by atoms with Gasteiger partial charge in [-0.2, -0.15) is 0 Å². The van der Waals surface area contributed by atoms with Gasteiger partial charge in [-0.3, -0.25) is 0 Å². The molecular formula is C10H14.